The molecule has 1 aromatic heterocycles. The first kappa shape index (κ1) is 14.7. The zero-order chi connectivity index (χ0) is 14.9. The van der Waals surface area contributed by atoms with Gasteiger partial charge in [-0.3, -0.25) is 0 Å². The van der Waals surface area contributed by atoms with E-state index in [0.717, 1.165) is 19.4 Å². The molecule has 1 aromatic carbocycles. The lowest BCUT2D eigenvalue weighted by Gasteiger charge is -2.38. The summed E-state index contributed by atoms with van der Waals surface area (Å²) < 4.78 is 12.9. The first-order valence-corrected chi connectivity index (χ1v) is 8.45. The van der Waals surface area contributed by atoms with Crippen molar-refractivity contribution in [2.45, 2.75) is 44.1 Å². The Morgan fingerprint density at radius 2 is 1.90 bits per heavy atom. The van der Waals surface area contributed by atoms with Crippen LogP contribution in [0.3, 0.4) is 0 Å². The highest BCUT2D eigenvalue weighted by Crippen LogP contribution is 2.37. The number of hydrogen-bond acceptors (Lipinski definition) is 2. The maximum Gasteiger partial charge on any atom is 0.123 e. The van der Waals surface area contributed by atoms with Gasteiger partial charge in [0, 0.05) is 22.9 Å². The van der Waals surface area contributed by atoms with Gasteiger partial charge in [0.1, 0.15) is 5.82 Å². The Balaban J connectivity index is 1.48. The maximum absolute atomic E-state index is 12.9. The van der Waals surface area contributed by atoms with Crippen molar-refractivity contribution in [3.05, 3.63) is 58.0 Å². The van der Waals surface area contributed by atoms with Crippen molar-refractivity contribution in [3.8, 4) is 0 Å². The molecule has 0 atom stereocenters. The topological polar surface area (TPSA) is 12.0 Å². The summed E-state index contributed by atoms with van der Waals surface area (Å²) in [5.41, 5.74) is 1.46. The summed E-state index contributed by atoms with van der Waals surface area (Å²) in [5.74, 6) is 0.443. The fourth-order valence-corrected chi connectivity index (χ4v) is 3.79. The van der Waals surface area contributed by atoms with E-state index >= 15 is 0 Å². The van der Waals surface area contributed by atoms with Crippen LogP contribution in [0.4, 0.5) is 4.39 Å². The Morgan fingerprint density at radius 3 is 2.52 bits per heavy atom. The van der Waals surface area contributed by atoms with E-state index in [0.29, 0.717) is 12.0 Å². The monoisotopic (exact) mass is 303 g/mol. The zero-order valence-electron chi connectivity index (χ0n) is 12.6. The van der Waals surface area contributed by atoms with Crippen molar-refractivity contribution in [1.82, 2.24) is 5.32 Å². The standard InChI is InChI=1S/C18H22FNS/c1-18(2,17-4-3-9-21-17)12-20-16-10-14(11-16)13-5-7-15(19)8-6-13/h3-9,14,16,20H,10-12H2,1-2H3. The molecule has 0 bridgehead atoms. The molecule has 1 N–H and O–H groups in total. The number of rotatable bonds is 5. The number of thiophene rings is 1. The predicted octanol–water partition coefficient (Wildman–Crippen LogP) is 4.70. The highest BCUT2D eigenvalue weighted by Gasteiger charge is 2.32. The summed E-state index contributed by atoms with van der Waals surface area (Å²) in [6, 6.07) is 11.9. The molecule has 1 fully saturated rings. The zero-order valence-corrected chi connectivity index (χ0v) is 13.4. The number of nitrogens with one attached hydrogen (secondary N) is 1. The average molecular weight is 303 g/mol. The van der Waals surface area contributed by atoms with Gasteiger partial charge < -0.3 is 5.32 Å². The lowest BCUT2D eigenvalue weighted by molar-refractivity contribution is 0.273. The normalized spacial score (nSPS) is 22.0. The minimum Gasteiger partial charge on any atom is -0.313 e. The Labute approximate surface area is 130 Å². The molecule has 21 heavy (non-hydrogen) atoms. The first-order chi connectivity index (χ1) is 10.0. The van der Waals surface area contributed by atoms with Gasteiger partial charge in [-0.1, -0.05) is 32.0 Å². The average Bonchev–Trinajstić information content (AvgIpc) is 2.93. The molecule has 0 saturated heterocycles. The second kappa shape index (κ2) is 5.90. The Morgan fingerprint density at radius 1 is 1.19 bits per heavy atom. The van der Waals surface area contributed by atoms with Crippen molar-refractivity contribution in [2.75, 3.05) is 6.54 Å². The van der Waals surface area contributed by atoms with Gasteiger partial charge >= 0.3 is 0 Å². The largest absolute Gasteiger partial charge is 0.313 e. The molecule has 112 valence electrons. The highest BCUT2D eigenvalue weighted by atomic mass is 32.1. The predicted molar refractivity (Wildman–Crippen MR) is 87.5 cm³/mol. The summed E-state index contributed by atoms with van der Waals surface area (Å²) >= 11 is 1.83. The van der Waals surface area contributed by atoms with Crippen LogP contribution in [0.5, 0.6) is 0 Å². The Hall–Kier alpha value is -1.19. The van der Waals surface area contributed by atoms with Crippen LogP contribution >= 0.6 is 11.3 Å². The van der Waals surface area contributed by atoms with Gasteiger partial charge in [0.05, 0.1) is 0 Å². The van der Waals surface area contributed by atoms with E-state index in [9.17, 15) is 4.39 Å². The van der Waals surface area contributed by atoms with Crippen molar-refractivity contribution < 1.29 is 4.39 Å². The highest BCUT2D eigenvalue weighted by molar-refractivity contribution is 7.10. The number of halogens is 1. The first-order valence-electron chi connectivity index (χ1n) is 7.57. The van der Waals surface area contributed by atoms with E-state index in [-0.39, 0.29) is 11.2 Å². The van der Waals surface area contributed by atoms with Crippen molar-refractivity contribution in [2.24, 2.45) is 0 Å². The summed E-state index contributed by atoms with van der Waals surface area (Å²) in [4.78, 5) is 1.43. The molecule has 0 radical (unpaired) electrons. The molecule has 0 aliphatic heterocycles. The summed E-state index contributed by atoms with van der Waals surface area (Å²) in [6.07, 6.45) is 2.32. The third kappa shape index (κ3) is 3.35. The van der Waals surface area contributed by atoms with Crippen molar-refractivity contribution in [1.29, 1.82) is 0 Å². The molecular weight excluding hydrogens is 281 g/mol. The second-order valence-corrected chi connectivity index (χ2v) is 7.61. The van der Waals surface area contributed by atoms with E-state index in [1.165, 1.54) is 10.4 Å². The third-order valence-electron chi connectivity index (χ3n) is 4.50. The lowest BCUT2D eigenvalue weighted by Crippen LogP contribution is -2.45. The maximum atomic E-state index is 12.9. The van der Waals surface area contributed by atoms with Gasteiger partial charge in [-0.25, -0.2) is 4.39 Å². The van der Waals surface area contributed by atoms with Crippen LogP contribution < -0.4 is 5.32 Å². The lowest BCUT2D eigenvalue weighted by atomic mass is 9.75. The van der Waals surface area contributed by atoms with Gasteiger partial charge in [0.2, 0.25) is 0 Å². The van der Waals surface area contributed by atoms with Gasteiger partial charge in [-0.05, 0) is 47.9 Å². The molecular formula is C18H22FNS. The van der Waals surface area contributed by atoms with Crippen molar-refractivity contribution in [3.63, 3.8) is 0 Å². The summed E-state index contributed by atoms with van der Waals surface area (Å²) in [5, 5.41) is 5.84. The van der Waals surface area contributed by atoms with E-state index < -0.39 is 0 Å². The van der Waals surface area contributed by atoms with Crippen LogP contribution in [0.15, 0.2) is 41.8 Å². The molecule has 0 amide bonds. The molecule has 2 aromatic rings. The molecule has 1 heterocycles. The van der Waals surface area contributed by atoms with E-state index in [4.69, 9.17) is 0 Å². The molecule has 3 heteroatoms. The SMILES string of the molecule is CC(C)(CNC1CC(c2ccc(F)cc2)C1)c1cccs1. The van der Waals surface area contributed by atoms with Crippen LogP contribution in [0, 0.1) is 5.82 Å². The van der Waals surface area contributed by atoms with Crippen LogP contribution in [0.2, 0.25) is 0 Å². The smallest absolute Gasteiger partial charge is 0.123 e. The molecule has 1 saturated carbocycles. The van der Waals surface area contributed by atoms with Gasteiger partial charge in [-0.2, -0.15) is 0 Å². The number of hydrogen-bond donors (Lipinski definition) is 1. The molecule has 1 nitrogen and oxygen atoms in total. The summed E-state index contributed by atoms with van der Waals surface area (Å²) in [7, 11) is 0. The van der Waals surface area contributed by atoms with Crippen LogP contribution in [-0.4, -0.2) is 12.6 Å². The number of benzene rings is 1. The van der Waals surface area contributed by atoms with E-state index in [2.05, 4.69) is 36.7 Å². The van der Waals surface area contributed by atoms with E-state index in [1.54, 1.807) is 12.1 Å². The Kier molecular flexibility index (Phi) is 4.14. The van der Waals surface area contributed by atoms with Gasteiger partial charge in [0.25, 0.3) is 0 Å². The molecule has 1 aliphatic carbocycles. The minimum absolute atomic E-state index is 0.148. The minimum atomic E-state index is -0.148. The van der Waals surface area contributed by atoms with Crippen LogP contribution in [0.1, 0.15) is 43.0 Å². The third-order valence-corrected chi connectivity index (χ3v) is 5.74. The van der Waals surface area contributed by atoms with Crippen LogP contribution in [-0.2, 0) is 5.41 Å². The molecule has 0 spiro atoms. The van der Waals surface area contributed by atoms with Crippen molar-refractivity contribution >= 4 is 11.3 Å². The molecule has 1 aliphatic rings. The fraction of sp³-hybridized carbons (Fsp3) is 0.444. The van der Waals surface area contributed by atoms with Gasteiger partial charge in [-0.15, -0.1) is 11.3 Å². The molecule has 3 rings (SSSR count). The quantitative estimate of drug-likeness (QED) is 0.844. The van der Waals surface area contributed by atoms with Gasteiger partial charge in [0.15, 0.2) is 0 Å². The Bertz CT molecular complexity index is 568. The fourth-order valence-electron chi connectivity index (χ4n) is 2.94. The van der Waals surface area contributed by atoms with Crippen LogP contribution in [0.25, 0.3) is 0 Å². The molecule has 0 unspecified atom stereocenters. The summed E-state index contributed by atoms with van der Waals surface area (Å²) in [6.45, 7) is 5.60. The second-order valence-electron chi connectivity index (χ2n) is 6.66. The van der Waals surface area contributed by atoms with E-state index in [1.807, 2.05) is 23.5 Å².